The van der Waals surface area contributed by atoms with Crippen molar-refractivity contribution in [3.63, 3.8) is 0 Å². The summed E-state index contributed by atoms with van der Waals surface area (Å²) >= 11 is 3.45. The van der Waals surface area contributed by atoms with Crippen molar-refractivity contribution in [3.8, 4) is 0 Å². The molecule has 1 aromatic heterocycles. The fourth-order valence-corrected chi connectivity index (χ4v) is 3.08. The third kappa shape index (κ3) is 3.07. The van der Waals surface area contributed by atoms with Crippen LogP contribution in [0, 0.1) is 0 Å². The maximum atomic E-state index is 12.8. The summed E-state index contributed by atoms with van der Waals surface area (Å²) in [4.78, 5) is 19.0. The Kier molecular flexibility index (Phi) is 4.30. The maximum Gasteiger partial charge on any atom is 0.232 e. The monoisotopic (exact) mass is 358 g/mol. The third-order valence-corrected chi connectivity index (χ3v) is 4.86. The number of hydrogen-bond acceptors (Lipinski definition) is 2. The second-order valence-electron chi connectivity index (χ2n) is 5.89. The molecule has 1 heterocycles. The van der Waals surface area contributed by atoms with E-state index in [2.05, 4.69) is 33.0 Å². The van der Waals surface area contributed by atoms with Crippen LogP contribution in [0.25, 0.3) is 0 Å². The third-order valence-electron chi connectivity index (χ3n) is 4.33. The molecule has 1 aliphatic carbocycles. The summed E-state index contributed by atoms with van der Waals surface area (Å²) in [5, 5.41) is 0. The molecule has 1 saturated carbocycles. The van der Waals surface area contributed by atoms with E-state index in [0.717, 1.165) is 35.0 Å². The van der Waals surface area contributed by atoms with E-state index in [9.17, 15) is 4.79 Å². The largest absolute Gasteiger partial charge is 0.345 e. The lowest BCUT2D eigenvalue weighted by Gasteiger charge is -2.24. The number of rotatable bonds is 5. The molecule has 114 valence electrons. The zero-order valence-corrected chi connectivity index (χ0v) is 14.2. The summed E-state index contributed by atoms with van der Waals surface area (Å²) in [5.41, 5.74) is 1.86. The summed E-state index contributed by atoms with van der Waals surface area (Å²) in [6, 6.07) is 14.0. The van der Waals surface area contributed by atoms with Gasteiger partial charge in [-0.25, -0.2) is 0 Å². The predicted molar refractivity (Wildman–Crippen MR) is 90.6 cm³/mol. The van der Waals surface area contributed by atoms with E-state index in [1.54, 1.807) is 6.20 Å². The van der Waals surface area contributed by atoms with Gasteiger partial charge in [-0.15, -0.1) is 0 Å². The topological polar surface area (TPSA) is 33.2 Å². The molecule has 1 aliphatic rings. The second kappa shape index (κ2) is 6.21. The Morgan fingerprint density at radius 3 is 2.55 bits per heavy atom. The van der Waals surface area contributed by atoms with Crippen LogP contribution in [0.2, 0.25) is 0 Å². The van der Waals surface area contributed by atoms with Crippen molar-refractivity contribution in [3.05, 3.63) is 64.4 Å². The molecule has 0 bridgehead atoms. The molecule has 22 heavy (non-hydrogen) atoms. The van der Waals surface area contributed by atoms with Crippen LogP contribution >= 0.6 is 15.9 Å². The zero-order valence-electron chi connectivity index (χ0n) is 12.6. The van der Waals surface area contributed by atoms with Crippen molar-refractivity contribution in [1.82, 2.24) is 9.88 Å². The standard InChI is InChI=1S/C18H19BrN2O/c1-21(13-9-16-4-2-3-12-20-16)17(22)18(10-11-18)14-5-7-15(19)8-6-14/h2-8,12H,9-11,13H2,1H3. The summed E-state index contributed by atoms with van der Waals surface area (Å²) < 4.78 is 1.04. The zero-order chi connectivity index (χ0) is 15.6. The molecule has 0 saturated heterocycles. The van der Waals surface area contributed by atoms with Gasteiger partial charge in [0.2, 0.25) is 5.91 Å². The molecule has 3 nitrogen and oxygen atoms in total. The molecule has 4 heteroatoms. The van der Waals surface area contributed by atoms with Gasteiger partial charge in [-0.3, -0.25) is 9.78 Å². The minimum absolute atomic E-state index is 0.228. The summed E-state index contributed by atoms with van der Waals surface area (Å²) in [6.07, 6.45) is 4.48. The normalized spacial score (nSPS) is 15.4. The van der Waals surface area contributed by atoms with Crippen LogP contribution in [0.4, 0.5) is 0 Å². The van der Waals surface area contributed by atoms with E-state index < -0.39 is 0 Å². The number of carbonyl (C=O) groups excluding carboxylic acids is 1. The molecule has 0 atom stereocenters. The quantitative estimate of drug-likeness (QED) is 0.818. The van der Waals surface area contributed by atoms with Gasteiger partial charge < -0.3 is 4.90 Å². The first-order valence-electron chi connectivity index (χ1n) is 7.53. The molecule has 0 aliphatic heterocycles. The van der Waals surface area contributed by atoms with Crippen molar-refractivity contribution < 1.29 is 4.79 Å². The minimum Gasteiger partial charge on any atom is -0.345 e. The molecule has 1 fully saturated rings. The lowest BCUT2D eigenvalue weighted by Crippen LogP contribution is -2.37. The van der Waals surface area contributed by atoms with Crippen LogP contribution in [-0.2, 0) is 16.6 Å². The smallest absolute Gasteiger partial charge is 0.232 e. The summed E-state index contributed by atoms with van der Waals surface area (Å²) in [7, 11) is 1.89. The Hall–Kier alpha value is -1.68. The van der Waals surface area contributed by atoms with Gasteiger partial charge in [0, 0.05) is 36.4 Å². The average Bonchev–Trinajstić information content (AvgIpc) is 3.35. The fourth-order valence-electron chi connectivity index (χ4n) is 2.82. The number of benzene rings is 1. The molecular formula is C18H19BrN2O. The Morgan fingerprint density at radius 2 is 1.95 bits per heavy atom. The van der Waals surface area contributed by atoms with E-state index in [4.69, 9.17) is 0 Å². The van der Waals surface area contributed by atoms with Crippen molar-refractivity contribution >= 4 is 21.8 Å². The SMILES string of the molecule is CN(CCc1ccccn1)C(=O)C1(c2ccc(Br)cc2)CC1. The molecule has 1 aromatic carbocycles. The highest BCUT2D eigenvalue weighted by molar-refractivity contribution is 9.10. The van der Waals surface area contributed by atoms with Crippen LogP contribution in [0.5, 0.6) is 0 Å². The first-order chi connectivity index (χ1) is 10.6. The number of hydrogen-bond donors (Lipinski definition) is 0. The molecule has 0 spiro atoms. The lowest BCUT2D eigenvalue weighted by atomic mass is 9.94. The Labute approximate surface area is 139 Å². The highest BCUT2D eigenvalue weighted by Crippen LogP contribution is 2.49. The van der Waals surface area contributed by atoms with E-state index in [1.807, 2.05) is 42.3 Å². The molecule has 2 aromatic rings. The molecule has 3 rings (SSSR count). The Balaban J connectivity index is 1.66. The van der Waals surface area contributed by atoms with Gasteiger partial charge in [-0.1, -0.05) is 34.1 Å². The van der Waals surface area contributed by atoms with E-state index in [-0.39, 0.29) is 11.3 Å². The van der Waals surface area contributed by atoms with Crippen LogP contribution in [0.1, 0.15) is 24.1 Å². The lowest BCUT2D eigenvalue weighted by molar-refractivity contribution is -0.132. The summed E-state index contributed by atoms with van der Waals surface area (Å²) in [6.45, 7) is 0.703. The minimum atomic E-state index is -0.292. The number of aromatic nitrogens is 1. The summed E-state index contributed by atoms with van der Waals surface area (Å²) in [5.74, 6) is 0.228. The van der Waals surface area contributed by atoms with Gasteiger partial charge in [-0.2, -0.15) is 0 Å². The first-order valence-corrected chi connectivity index (χ1v) is 8.33. The first kappa shape index (κ1) is 15.2. The number of carbonyl (C=O) groups is 1. The fraction of sp³-hybridized carbons (Fsp3) is 0.333. The molecule has 0 N–H and O–H groups in total. The van der Waals surface area contributed by atoms with E-state index >= 15 is 0 Å². The van der Waals surface area contributed by atoms with Crippen molar-refractivity contribution in [2.45, 2.75) is 24.7 Å². The van der Waals surface area contributed by atoms with Gasteiger partial charge >= 0.3 is 0 Å². The number of likely N-dealkylation sites (N-methyl/N-ethyl adjacent to an activating group) is 1. The van der Waals surface area contributed by atoms with Gasteiger partial charge in [0.05, 0.1) is 5.41 Å². The number of pyridine rings is 1. The van der Waals surface area contributed by atoms with Gasteiger partial charge in [0.25, 0.3) is 0 Å². The van der Waals surface area contributed by atoms with Gasteiger partial charge in [-0.05, 0) is 42.7 Å². The Morgan fingerprint density at radius 1 is 1.23 bits per heavy atom. The second-order valence-corrected chi connectivity index (χ2v) is 6.80. The number of nitrogens with zero attached hydrogens (tertiary/aromatic N) is 2. The average molecular weight is 359 g/mol. The van der Waals surface area contributed by atoms with Crippen molar-refractivity contribution in [2.75, 3.05) is 13.6 Å². The Bertz CT molecular complexity index is 651. The van der Waals surface area contributed by atoms with Gasteiger partial charge in [0.1, 0.15) is 0 Å². The maximum absolute atomic E-state index is 12.8. The molecule has 0 unspecified atom stereocenters. The predicted octanol–water partition coefficient (Wildman–Crippen LogP) is 3.58. The number of amides is 1. The highest BCUT2D eigenvalue weighted by Gasteiger charge is 2.52. The van der Waals surface area contributed by atoms with E-state index in [0.29, 0.717) is 6.54 Å². The van der Waals surface area contributed by atoms with Crippen LogP contribution in [0.3, 0.4) is 0 Å². The van der Waals surface area contributed by atoms with Crippen molar-refractivity contribution in [1.29, 1.82) is 0 Å². The van der Waals surface area contributed by atoms with Gasteiger partial charge in [0.15, 0.2) is 0 Å². The van der Waals surface area contributed by atoms with Crippen molar-refractivity contribution in [2.24, 2.45) is 0 Å². The molecule has 0 radical (unpaired) electrons. The number of halogens is 1. The molecular weight excluding hydrogens is 340 g/mol. The highest BCUT2D eigenvalue weighted by atomic mass is 79.9. The van der Waals surface area contributed by atoms with Crippen LogP contribution in [-0.4, -0.2) is 29.4 Å². The van der Waals surface area contributed by atoms with Crippen LogP contribution in [0.15, 0.2) is 53.1 Å². The van der Waals surface area contributed by atoms with Crippen LogP contribution < -0.4 is 0 Å². The molecule has 1 amide bonds. The van der Waals surface area contributed by atoms with E-state index in [1.165, 1.54) is 0 Å².